The predicted molar refractivity (Wildman–Crippen MR) is 124 cm³/mol. The van der Waals surface area contributed by atoms with Crippen molar-refractivity contribution in [2.24, 2.45) is 4.99 Å². The molecule has 0 aliphatic heterocycles. The zero-order valence-electron chi connectivity index (χ0n) is 16.5. The maximum absolute atomic E-state index is 13.6. The molecule has 0 aliphatic carbocycles. The van der Waals surface area contributed by atoms with Crippen LogP contribution in [-0.4, -0.2) is 45.9 Å². The molecule has 0 aliphatic rings. The van der Waals surface area contributed by atoms with Crippen molar-refractivity contribution < 1.29 is 17.5 Å². The molecular weight excluding hydrogens is 508 g/mol. The van der Waals surface area contributed by atoms with Gasteiger partial charge in [0.05, 0.1) is 17.2 Å². The van der Waals surface area contributed by atoms with Gasteiger partial charge < -0.3 is 15.4 Å². The highest BCUT2D eigenvalue weighted by atomic mass is 127. The van der Waals surface area contributed by atoms with Crippen molar-refractivity contribution >= 4 is 39.8 Å². The summed E-state index contributed by atoms with van der Waals surface area (Å²) in [6.07, 6.45) is -0.347. The molecule has 0 saturated heterocycles. The zero-order chi connectivity index (χ0) is 20.4. The third-order valence-electron chi connectivity index (χ3n) is 3.78. The van der Waals surface area contributed by atoms with Gasteiger partial charge in [0, 0.05) is 13.1 Å². The van der Waals surface area contributed by atoms with Gasteiger partial charge in [-0.25, -0.2) is 17.8 Å². The van der Waals surface area contributed by atoms with Crippen LogP contribution in [0.15, 0.2) is 64.5 Å². The van der Waals surface area contributed by atoms with E-state index in [2.05, 4.69) is 15.6 Å². The molecule has 6 nitrogen and oxygen atoms in total. The van der Waals surface area contributed by atoms with Crippen LogP contribution in [0.3, 0.4) is 0 Å². The number of benzene rings is 2. The maximum atomic E-state index is 13.6. The summed E-state index contributed by atoms with van der Waals surface area (Å²) in [7, 11) is -3.36. The van der Waals surface area contributed by atoms with Gasteiger partial charge in [-0.2, -0.15) is 0 Å². The number of para-hydroxylation sites is 1. The fourth-order valence-electron chi connectivity index (χ4n) is 2.41. The number of sulfone groups is 1. The molecule has 0 radical (unpaired) electrons. The van der Waals surface area contributed by atoms with Gasteiger partial charge in [0.15, 0.2) is 27.4 Å². The van der Waals surface area contributed by atoms with E-state index in [-0.39, 0.29) is 54.7 Å². The smallest absolute Gasteiger partial charge is 0.191 e. The summed E-state index contributed by atoms with van der Waals surface area (Å²) < 4.78 is 43.8. The van der Waals surface area contributed by atoms with Gasteiger partial charge in [-0.05, 0) is 38.1 Å². The summed E-state index contributed by atoms with van der Waals surface area (Å²) >= 11 is 0. The summed E-state index contributed by atoms with van der Waals surface area (Å²) in [4.78, 5) is 4.68. The van der Waals surface area contributed by atoms with Gasteiger partial charge in [-0.3, -0.25) is 0 Å². The number of hydrogen-bond donors (Lipinski definition) is 2. The van der Waals surface area contributed by atoms with E-state index in [1.807, 2.05) is 6.92 Å². The summed E-state index contributed by atoms with van der Waals surface area (Å²) in [6, 6.07) is 14.5. The first-order valence-electron chi connectivity index (χ1n) is 9.13. The highest BCUT2D eigenvalue weighted by molar-refractivity contribution is 14.0. The Morgan fingerprint density at radius 2 is 1.76 bits per heavy atom. The average Bonchev–Trinajstić information content (AvgIpc) is 2.68. The molecule has 2 aromatic carbocycles. The first-order chi connectivity index (χ1) is 13.4. The van der Waals surface area contributed by atoms with Crippen LogP contribution in [0.2, 0.25) is 0 Å². The van der Waals surface area contributed by atoms with E-state index in [4.69, 9.17) is 4.74 Å². The molecule has 1 atom stereocenters. The van der Waals surface area contributed by atoms with E-state index in [9.17, 15) is 12.8 Å². The summed E-state index contributed by atoms with van der Waals surface area (Å²) in [5.74, 6) is 0.184. The fourth-order valence-corrected chi connectivity index (χ4v) is 3.58. The molecule has 0 aromatic heterocycles. The Bertz CT molecular complexity index is 880. The molecule has 0 heterocycles. The minimum absolute atomic E-state index is 0. The molecule has 2 rings (SSSR count). The molecule has 29 heavy (non-hydrogen) atoms. The monoisotopic (exact) mass is 535 g/mol. The molecule has 0 amide bonds. The van der Waals surface area contributed by atoms with E-state index >= 15 is 0 Å². The van der Waals surface area contributed by atoms with Crippen molar-refractivity contribution in [1.82, 2.24) is 10.6 Å². The largest absolute Gasteiger partial charge is 0.486 e. The molecule has 0 spiro atoms. The Hall–Kier alpha value is -1.88. The number of guanidine groups is 1. The molecule has 2 N–H and O–H groups in total. The van der Waals surface area contributed by atoms with Crippen LogP contribution in [0.1, 0.15) is 13.8 Å². The number of rotatable bonds is 9. The van der Waals surface area contributed by atoms with Crippen molar-refractivity contribution in [3.8, 4) is 5.75 Å². The Balaban J connectivity index is 0.00000420. The highest BCUT2D eigenvalue weighted by Crippen LogP contribution is 2.17. The number of ether oxygens (including phenoxy) is 1. The van der Waals surface area contributed by atoms with E-state index < -0.39 is 15.7 Å². The van der Waals surface area contributed by atoms with Crippen molar-refractivity contribution in [3.05, 3.63) is 60.4 Å². The normalized spacial score (nSPS) is 12.6. The van der Waals surface area contributed by atoms with E-state index in [1.54, 1.807) is 55.5 Å². The summed E-state index contributed by atoms with van der Waals surface area (Å²) in [6.45, 7) is 4.83. The molecule has 0 bridgehead atoms. The first-order valence-corrected chi connectivity index (χ1v) is 10.8. The number of nitrogens with one attached hydrogen (secondary N) is 2. The molecule has 0 fully saturated rings. The topological polar surface area (TPSA) is 79.8 Å². The highest BCUT2D eigenvalue weighted by Gasteiger charge is 2.14. The second kappa shape index (κ2) is 12.6. The van der Waals surface area contributed by atoms with Gasteiger partial charge >= 0.3 is 0 Å². The lowest BCUT2D eigenvalue weighted by Gasteiger charge is -2.15. The van der Waals surface area contributed by atoms with Crippen molar-refractivity contribution in [3.63, 3.8) is 0 Å². The van der Waals surface area contributed by atoms with Gasteiger partial charge in [0.1, 0.15) is 6.10 Å². The lowest BCUT2D eigenvalue weighted by atomic mass is 10.3. The van der Waals surface area contributed by atoms with Crippen molar-refractivity contribution in [1.29, 1.82) is 0 Å². The van der Waals surface area contributed by atoms with E-state index in [1.165, 1.54) is 6.07 Å². The standard InChI is InChI=1S/C20H26FN3O3S.HI/c1-3-22-20(23-13-14-28(25,26)17-9-5-4-6-10-17)24-15-16(2)27-19-12-8-7-11-18(19)21;/h4-12,16H,3,13-15H2,1-2H3,(H2,22,23,24);1H. The molecular formula is C20H27FIN3O3S. The SMILES string of the molecule is CCNC(=NCC(C)Oc1ccccc1F)NCCS(=O)(=O)c1ccccc1.I. The number of nitrogens with zero attached hydrogens (tertiary/aromatic N) is 1. The van der Waals surface area contributed by atoms with E-state index in [0.717, 1.165) is 0 Å². The third kappa shape index (κ3) is 8.57. The lowest BCUT2D eigenvalue weighted by Crippen LogP contribution is -2.40. The van der Waals surface area contributed by atoms with Crippen molar-refractivity contribution in [2.75, 3.05) is 25.4 Å². The Morgan fingerprint density at radius 3 is 2.41 bits per heavy atom. The van der Waals surface area contributed by atoms with Crippen LogP contribution < -0.4 is 15.4 Å². The lowest BCUT2D eigenvalue weighted by molar-refractivity contribution is 0.220. The summed E-state index contributed by atoms with van der Waals surface area (Å²) in [5, 5.41) is 6.06. The number of hydrogen-bond acceptors (Lipinski definition) is 4. The Morgan fingerprint density at radius 1 is 1.10 bits per heavy atom. The van der Waals surface area contributed by atoms with Crippen LogP contribution in [0, 0.1) is 5.82 Å². The summed E-state index contributed by atoms with van der Waals surface area (Å²) in [5.41, 5.74) is 0. The van der Waals surface area contributed by atoms with Crippen molar-refractivity contribution in [2.45, 2.75) is 24.8 Å². The quantitative estimate of drug-likeness (QED) is 0.293. The molecule has 0 saturated carbocycles. The Labute approximate surface area is 188 Å². The zero-order valence-corrected chi connectivity index (χ0v) is 19.6. The molecule has 9 heteroatoms. The molecule has 2 aromatic rings. The van der Waals surface area contributed by atoms with Crippen LogP contribution in [0.25, 0.3) is 0 Å². The second-order valence-electron chi connectivity index (χ2n) is 6.14. The first kappa shape index (κ1) is 25.2. The van der Waals surface area contributed by atoms with Gasteiger partial charge in [0.25, 0.3) is 0 Å². The van der Waals surface area contributed by atoms with Gasteiger partial charge in [-0.1, -0.05) is 30.3 Å². The number of halogens is 2. The second-order valence-corrected chi connectivity index (χ2v) is 8.25. The molecule has 160 valence electrons. The fraction of sp³-hybridized carbons (Fsp3) is 0.350. The van der Waals surface area contributed by atoms with Gasteiger partial charge in [-0.15, -0.1) is 24.0 Å². The average molecular weight is 535 g/mol. The Kier molecular flexibility index (Phi) is 11.0. The maximum Gasteiger partial charge on any atom is 0.191 e. The number of aliphatic imine (C=N–C) groups is 1. The minimum atomic E-state index is -3.36. The molecule has 1 unspecified atom stereocenters. The van der Waals surface area contributed by atoms with Crippen LogP contribution in [0.5, 0.6) is 5.75 Å². The van der Waals surface area contributed by atoms with Crippen LogP contribution in [0.4, 0.5) is 4.39 Å². The predicted octanol–water partition coefficient (Wildman–Crippen LogP) is 3.24. The van der Waals surface area contributed by atoms with Crippen LogP contribution >= 0.6 is 24.0 Å². The van der Waals surface area contributed by atoms with Gasteiger partial charge in [0.2, 0.25) is 0 Å². The van der Waals surface area contributed by atoms with E-state index in [0.29, 0.717) is 17.4 Å². The minimum Gasteiger partial charge on any atom is -0.486 e. The third-order valence-corrected chi connectivity index (χ3v) is 5.51. The van der Waals surface area contributed by atoms with Crippen LogP contribution in [-0.2, 0) is 9.84 Å².